The molecule has 0 spiro atoms. The standard InChI is InChI=1S/C10H11FO3/c1-5-3-9(12)7(4-8(5)11)6(2)10(13)14/h3-4,6,12H,1-2H3,(H,13,14). The summed E-state index contributed by atoms with van der Waals surface area (Å²) in [4.78, 5) is 10.6. The fourth-order valence-corrected chi connectivity index (χ4v) is 1.16. The van der Waals surface area contributed by atoms with Crippen molar-refractivity contribution < 1.29 is 19.4 Å². The topological polar surface area (TPSA) is 57.5 Å². The number of benzene rings is 1. The summed E-state index contributed by atoms with van der Waals surface area (Å²) in [5, 5.41) is 18.1. The molecule has 0 amide bonds. The van der Waals surface area contributed by atoms with Crippen LogP contribution in [0.2, 0.25) is 0 Å². The van der Waals surface area contributed by atoms with E-state index < -0.39 is 17.7 Å². The van der Waals surface area contributed by atoms with Crippen molar-refractivity contribution >= 4 is 5.97 Å². The van der Waals surface area contributed by atoms with Gasteiger partial charge in [-0.2, -0.15) is 0 Å². The van der Waals surface area contributed by atoms with Crippen molar-refractivity contribution in [2.45, 2.75) is 19.8 Å². The number of carboxylic acids is 1. The Labute approximate surface area is 80.8 Å². The van der Waals surface area contributed by atoms with Crippen molar-refractivity contribution in [2.75, 3.05) is 0 Å². The van der Waals surface area contributed by atoms with Crippen molar-refractivity contribution in [2.24, 2.45) is 0 Å². The van der Waals surface area contributed by atoms with Crippen LogP contribution in [0.15, 0.2) is 12.1 Å². The van der Waals surface area contributed by atoms with Crippen LogP contribution in [-0.2, 0) is 4.79 Å². The van der Waals surface area contributed by atoms with Crippen molar-refractivity contribution in [3.63, 3.8) is 0 Å². The number of halogens is 1. The Morgan fingerprint density at radius 2 is 2.07 bits per heavy atom. The van der Waals surface area contributed by atoms with Crippen LogP contribution in [0.4, 0.5) is 4.39 Å². The Hall–Kier alpha value is -1.58. The van der Waals surface area contributed by atoms with Crippen LogP contribution in [-0.4, -0.2) is 16.2 Å². The first-order valence-corrected chi connectivity index (χ1v) is 4.15. The smallest absolute Gasteiger partial charge is 0.310 e. The fraction of sp³-hybridized carbons (Fsp3) is 0.300. The summed E-state index contributed by atoms with van der Waals surface area (Å²) >= 11 is 0. The van der Waals surface area contributed by atoms with E-state index in [-0.39, 0.29) is 11.3 Å². The van der Waals surface area contributed by atoms with Gasteiger partial charge in [0.15, 0.2) is 0 Å². The third kappa shape index (κ3) is 1.84. The van der Waals surface area contributed by atoms with E-state index in [2.05, 4.69) is 0 Å². The van der Waals surface area contributed by atoms with Gasteiger partial charge in [-0.15, -0.1) is 0 Å². The SMILES string of the molecule is Cc1cc(O)c(C(C)C(=O)O)cc1F. The molecule has 0 aliphatic heterocycles. The van der Waals surface area contributed by atoms with Gasteiger partial charge in [0, 0.05) is 5.56 Å². The number of phenolic OH excluding ortho intramolecular Hbond substituents is 1. The minimum Gasteiger partial charge on any atom is -0.508 e. The highest BCUT2D eigenvalue weighted by molar-refractivity contribution is 5.76. The van der Waals surface area contributed by atoms with Crippen LogP contribution >= 0.6 is 0 Å². The van der Waals surface area contributed by atoms with Crippen molar-refractivity contribution in [1.29, 1.82) is 0 Å². The molecule has 1 atom stereocenters. The monoisotopic (exact) mass is 198 g/mol. The zero-order chi connectivity index (χ0) is 10.9. The molecule has 1 rings (SSSR count). The average molecular weight is 198 g/mol. The summed E-state index contributed by atoms with van der Waals surface area (Å²) in [6.45, 7) is 2.90. The van der Waals surface area contributed by atoms with Gasteiger partial charge < -0.3 is 10.2 Å². The summed E-state index contributed by atoms with van der Waals surface area (Å²) in [5.74, 6) is -2.70. The summed E-state index contributed by atoms with van der Waals surface area (Å²) in [7, 11) is 0. The molecule has 3 nitrogen and oxygen atoms in total. The highest BCUT2D eigenvalue weighted by atomic mass is 19.1. The van der Waals surface area contributed by atoms with Gasteiger partial charge in [-0.05, 0) is 31.5 Å². The largest absolute Gasteiger partial charge is 0.508 e. The zero-order valence-corrected chi connectivity index (χ0v) is 7.91. The second kappa shape index (κ2) is 3.65. The van der Waals surface area contributed by atoms with Crippen molar-refractivity contribution in [1.82, 2.24) is 0 Å². The number of aliphatic carboxylic acids is 1. The molecule has 0 heterocycles. The number of rotatable bonds is 2. The van der Waals surface area contributed by atoms with Crippen LogP contribution in [0.3, 0.4) is 0 Å². The Kier molecular flexibility index (Phi) is 2.74. The number of carbonyl (C=O) groups is 1. The predicted molar refractivity (Wildman–Crippen MR) is 48.9 cm³/mol. The summed E-state index contributed by atoms with van der Waals surface area (Å²) in [6, 6.07) is 2.29. The first-order chi connectivity index (χ1) is 6.43. The molecule has 0 saturated carbocycles. The van der Waals surface area contributed by atoms with Gasteiger partial charge >= 0.3 is 5.97 Å². The van der Waals surface area contributed by atoms with Crippen LogP contribution < -0.4 is 0 Å². The molecule has 4 heteroatoms. The number of phenols is 1. The third-order valence-corrected chi connectivity index (χ3v) is 2.14. The van der Waals surface area contributed by atoms with Crippen molar-refractivity contribution in [3.05, 3.63) is 29.1 Å². The van der Waals surface area contributed by atoms with Crippen LogP contribution in [0.5, 0.6) is 5.75 Å². The van der Waals surface area contributed by atoms with E-state index >= 15 is 0 Å². The van der Waals surface area contributed by atoms with Gasteiger partial charge in [0.1, 0.15) is 11.6 Å². The molecular formula is C10H11FO3. The highest BCUT2D eigenvalue weighted by Gasteiger charge is 2.18. The number of aromatic hydroxyl groups is 1. The number of aryl methyl sites for hydroxylation is 1. The molecule has 0 bridgehead atoms. The van der Waals surface area contributed by atoms with E-state index in [1.54, 1.807) is 0 Å². The summed E-state index contributed by atoms with van der Waals surface area (Å²) in [5.41, 5.74) is 0.393. The van der Waals surface area contributed by atoms with E-state index in [1.807, 2.05) is 0 Å². The second-order valence-corrected chi connectivity index (χ2v) is 3.22. The minimum absolute atomic E-state index is 0.0978. The van der Waals surface area contributed by atoms with Gasteiger partial charge in [-0.25, -0.2) is 4.39 Å². The molecule has 0 aromatic heterocycles. The minimum atomic E-state index is -1.09. The number of hydrogen-bond donors (Lipinski definition) is 2. The van der Waals surface area contributed by atoms with Crippen LogP contribution in [0.1, 0.15) is 24.0 Å². The molecule has 1 unspecified atom stereocenters. The molecule has 0 radical (unpaired) electrons. The zero-order valence-electron chi connectivity index (χ0n) is 7.91. The van der Waals surface area contributed by atoms with E-state index in [0.29, 0.717) is 5.56 Å². The highest BCUT2D eigenvalue weighted by Crippen LogP contribution is 2.28. The molecule has 0 aliphatic carbocycles. The first-order valence-electron chi connectivity index (χ1n) is 4.15. The predicted octanol–water partition coefficient (Wildman–Crippen LogP) is 2.03. The molecule has 14 heavy (non-hydrogen) atoms. The van der Waals surface area contributed by atoms with E-state index in [4.69, 9.17) is 5.11 Å². The van der Waals surface area contributed by atoms with Gasteiger partial charge in [0.25, 0.3) is 0 Å². The lowest BCUT2D eigenvalue weighted by atomic mass is 9.99. The Morgan fingerprint density at radius 1 is 1.50 bits per heavy atom. The lowest BCUT2D eigenvalue weighted by Crippen LogP contribution is -2.08. The molecular weight excluding hydrogens is 187 g/mol. The molecule has 2 N–H and O–H groups in total. The third-order valence-electron chi connectivity index (χ3n) is 2.14. The molecule has 76 valence electrons. The van der Waals surface area contributed by atoms with Gasteiger partial charge in [-0.3, -0.25) is 4.79 Å². The number of hydrogen-bond acceptors (Lipinski definition) is 2. The van der Waals surface area contributed by atoms with Crippen LogP contribution in [0, 0.1) is 12.7 Å². The Bertz CT molecular complexity index is 374. The summed E-state index contributed by atoms with van der Waals surface area (Å²) in [6.07, 6.45) is 0. The van der Waals surface area contributed by atoms with Gasteiger partial charge in [0.2, 0.25) is 0 Å². The Morgan fingerprint density at radius 3 is 2.57 bits per heavy atom. The summed E-state index contributed by atoms with van der Waals surface area (Å²) < 4.78 is 13.1. The van der Waals surface area contributed by atoms with E-state index in [0.717, 1.165) is 6.07 Å². The van der Waals surface area contributed by atoms with Gasteiger partial charge in [0.05, 0.1) is 5.92 Å². The van der Waals surface area contributed by atoms with Crippen LogP contribution in [0.25, 0.3) is 0 Å². The average Bonchev–Trinajstić information content (AvgIpc) is 2.10. The first kappa shape index (κ1) is 10.5. The molecule has 0 aliphatic rings. The maximum atomic E-state index is 13.1. The van der Waals surface area contributed by atoms with Gasteiger partial charge in [-0.1, -0.05) is 0 Å². The lowest BCUT2D eigenvalue weighted by Gasteiger charge is -2.10. The normalized spacial score (nSPS) is 12.5. The molecule has 1 aromatic carbocycles. The Balaban J connectivity index is 3.22. The number of carboxylic acid groups (broad SMARTS) is 1. The van der Waals surface area contributed by atoms with Crippen molar-refractivity contribution in [3.8, 4) is 5.75 Å². The molecule has 0 saturated heterocycles. The lowest BCUT2D eigenvalue weighted by molar-refractivity contribution is -0.138. The van der Waals surface area contributed by atoms with E-state index in [9.17, 15) is 14.3 Å². The maximum absolute atomic E-state index is 13.1. The maximum Gasteiger partial charge on any atom is 0.310 e. The molecule has 1 aromatic rings. The molecule has 0 fully saturated rings. The fourth-order valence-electron chi connectivity index (χ4n) is 1.16. The quantitative estimate of drug-likeness (QED) is 0.764. The second-order valence-electron chi connectivity index (χ2n) is 3.22. The van der Waals surface area contributed by atoms with E-state index in [1.165, 1.54) is 19.9 Å².